The van der Waals surface area contributed by atoms with Crippen LogP contribution in [0, 0.1) is 11.3 Å². The fourth-order valence-corrected chi connectivity index (χ4v) is 3.66. The number of carbonyl (C=O) groups is 2. The maximum atomic E-state index is 12.2. The molecule has 0 atom stereocenters. The molecule has 2 aliphatic rings. The predicted molar refractivity (Wildman–Crippen MR) is 85.4 cm³/mol. The molecular weight excluding hydrogens is 280 g/mol. The quantitative estimate of drug-likeness (QED) is 0.797. The van der Waals surface area contributed by atoms with Gasteiger partial charge in [-0.25, -0.2) is 0 Å². The molecule has 2 aliphatic heterocycles. The Labute approximate surface area is 134 Å². The van der Waals surface area contributed by atoms with Crippen LogP contribution in [0.1, 0.15) is 46.0 Å². The van der Waals surface area contributed by atoms with Crippen LogP contribution in [-0.2, 0) is 14.3 Å². The minimum atomic E-state index is 0.0781. The molecule has 5 nitrogen and oxygen atoms in total. The van der Waals surface area contributed by atoms with Gasteiger partial charge in [0.05, 0.1) is 6.61 Å². The number of carbonyl (C=O) groups excluding carboxylic acids is 2. The van der Waals surface area contributed by atoms with Gasteiger partial charge in [-0.1, -0.05) is 13.8 Å². The topological polar surface area (TPSA) is 49.9 Å². The Bertz CT molecular complexity index is 401. The largest absolute Gasteiger partial charge is 0.383 e. The second-order valence-electron chi connectivity index (χ2n) is 7.10. The number of methoxy groups -OCH3 is 1. The van der Waals surface area contributed by atoms with Gasteiger partial charge in [0, 0.05) is 45.6 Å². The van der Waals surface area contributed by atoms with Crippen molar-refractivity contribution in [2.24, 2.45) is 11.3 Å². The number of ether oxygens (including phenoxy) is 1. The van der Waals surface area contributed by atoms with Crippen LogP contribution >= 0.6 is 0 Å². The van der Waals surface area contributed by atoms with Gasteiger partial charge >= 0.3 is 0 Å². The second-order valence-corrected chi connectivity index (χ2v) is 7.10. The van der Waals surface area contributed by atoms with Crippen LogP contribution in [0.25, 0.3) is 0 Å². The van der Waals surface area contributed by atoms with E-state index in [1.165, 1.54) is 0 Å². The second kappa shape index (κ2) is 7.44. The summed E-state index contributed by atoms with van der Waals surface area (Å²) in [5, 5.41) is 0. The smallest absolute Gasteiger partial charge is 0.225 e. The molecule has 22 heavy (non-hydrogen) atoms. The lowest BCUT2D eigenvalue weighted by atomic mass is 9.73. The Balaban J connectivity index is 1.91. The summed E-state index contributed by atoms with van der Waals surface area (Å²) < 4.78 is 5.10. The SMILES string of the molecule is COCCN1CCC2(CCC1=O)CCN(C(=O)C(C)C)CC2. The van der Waals surface area contributed by atoms with Crippen LogP contribution in [-0.4, -0.2) is 61.5 Å². The van der Waals surface area contributed by atoms with Gasteiger partial charge in [0.2, 0.25) is 11.8 Å². The van der Waals surface area contributed by atoms with Gasteiger partial charge in [0.25, 0.3) is 0 Å². The molecule has 2 saturated heterocycles. The van der Waals surface area contributed by atoms with Crippen LogP contribution < -0.4 is 0 Å². The number of likely N-dealkylation sites (tertiary alicyclic amines) is 2. The third kappa shape index (κ3) is 4.00. The van der Waals surface area contributed by atoms with E-state index in [4.69, 9.17) is 4.74 Å². The van der Waals surface area contributed by atoms with Crippen LogP contribution in [0.15, 0.2) is 0 Å². The molecule has 2 heterocycles. The molecule has 5 heteroatoms. The Morgan fingerprint density at radius 3 is 2.41 bits per heavy atom. The molecule has 2 fully saturated rings. The van der Waals surface area contributed by atoms with Crippen molar-refractivity contribution in [1.82, 2.24) is 9.80 Å². The maximum Gasteiger partial charge on any atom is 0.225 e. The van der Waals surface area contributed by atoms with Crippen molar-refractivity contribution in [2.75, 3.05) is 39.9 Å². The fraction of sp³-hybridized carbons (Fsp3) is 0.882. The van der Waals surface area contributed by atoms with Crippen molar-refractivity contribution in [3.8, 4) is 0 Å². The highest BCUT2D eigenvalue weighted by Crippen LogP contribution is 2.41. The summed E-state index contributed by atoms with van der Waals surface area (Å²) in [5.41, 5.74) is 0.255. The first kappa shape index (κ1) is 17.3. The molecule has 0 unspecified atom stereocenters. The van der Waals surface area contributed by atoms with E-state index in [0.29, 0.717) is 19.6 Å². The van der Waals surface area contributed by atoms with Crippen molar-refractivity contribution in [3.05, 3.63) is 0 Å². The molecule has 0 N–H and O–H groups in total. The number of nitrogens with zero attached hydrogens (tertiary/aromatic N) is 2. The molecule has 0 saturated carbocycles. The van der Waals surface area contributed by atoms with E-state index in [1.54, 1.807) is 7.11 Å². The van der Waals surface area contributed by atoms with Gasteiger partial charge in [-0.3, -0.25) is 9.59 Å². The molecule has 2 amide bonds. The lowest BCUT2D eigenvalue weighted by Crippen LogP contribution is -2.45. The van der Waals surface area contributed by atoms with E-state index in [-0.39, 0.29) is 23.1 Å². The van der Waals surface area contributed by atoms with Gasteiger partial charge in [-0.05, 0) is 31.1 Å². The average Bonchev–Trinajstić information content (AvgIpc) is 2.66. The van der Waals surface area contributed by atoms with E-state index in [1.807, 2.05) is 23.6 Å². The van der Waals surface area contributed by atoms with Crippen molar-refractivity contribution in [2.45, 2.75) is 46.0 Å². The Morgan fingerprint density at radius 2 is 1.82 bits per heavy atom. The predicted octanol–water partition coefficient (Wildman–Crippen LogP) is 1.91. The molecule has 0 bridgehead atoms. The van der Waals surface area contributed by atoms with Crippen molar-refractivity contribution >= 4 is 11.8 Å². The summed E-state index contributed by atoms with van der Waals surface area (Å²) in [6.07, 6.45) is 4.75. The zero-order valence-electron chi connectivity index (χ0n) is 14.3. The monoisotopic (exact) mass is 310 g/mol. The van der Waals surface area contributed by atoms with Gasteiger partial charge < -0.3 is 14.5 Å². The van der Waals surface area contributed by atoms with Crippen LogP contribution in [0.4, 0.5) is 0 Å². The lowest BCUT2D eigenvalue weighted by molar-refractivity contribution is -0.137. The van der Waals surface area contributed by atoms with Gasteiger partial charge in [0.15, 0.2) is 0 Å². The first-order chi connectivity index (χ1) is 10.5. The highest BCUT2D eigenvalue weighted by Gasteiger charge is 2.38. The van der Waals surface area contributed by atoms with Crippen LogP contribution in [0.2, 0.25) is 0 Å². The molecule has 2 rings (SSSR count). The normalized spacial score (nSPS) is 22.3. The summed E-state index contributed by atoms with van der Waals surface area (Å²) in [7, 11) is 1.67. The lowest BCUT2D eigenvalue weighted by Gasteiger charge is -2.42. The average molecular weight is 310 g/mol. The summed E-state index contributed by atoms with van der Waals surface area (Å²) in [6, 6.07) is 0. The summed E-state index contributed by atoms with van der Waals surface area (Å²) >= 11 is 0. The van der Waals surface area contributed by atoms with E-state index < -0.39 is 0 Å². The summed E-state index contributed by atoms with van der Waals surface area (Å²) in [5.74, 6) is 0.602. The van der Waals surface area contributed by atoms with Crippen molar-refractivity contribution in [3.63, 3.8) is 0 Å². The standard InChI is InChI=1S/C17H30N2O3/c1-14(2)16(21)19-10-7-17(8-11-19)5-4-15(20)18(9-6-17)12-13-22-3/h14H,4-13H2,1-3H3. The molecule has 0 aromatic heterocycles. The van der Waals surface area contributed by atoms with Gasteiger partial charge in [-0.2, -0.15) is 0 Å². The first-order valence-electron chi connectivity index (χ1n) is 8.53. The molecule has 126 valence electrons. The van der Waals surface area contributed by atoms with Crippen molar-refractivity contribution < 1.29 is 14.3 Å². The highest BCUT2D eigenvalue weighted by molar-refractivity contribution is 5.78. The number of amides is 2. The minimum absolute atomic E-state index is 0.0781. The minimum Gasteiger partial charge on any atom is -0.383 e. The molecule has 0 radical (unpaired) electrons. The summed E-state index contributed by atoms with van der Waals surface area (Å²) in [4.78, 5) is 28.3. The van der Waals surface area contributed by atoms with Crippen LogP contribution in [0.3, 0.4) is 0 Å². The molecule has 0 aromatic carbocycles. The van der Waals surface area contributed by atoms with Crippen molar-refractivity contribution in [1.29, 1.82) is 0 Å². The maximum absolute atomic E-state index is 12.2. The Morgan fingerprint density at radius 1 is 1.18 bits per heavy atom. The number of hydrogen-bond acceptors (Lipinski definition) is 3. The molecule has 0 aliphatic carbocycles. The third-order valence-corrected chi connectivity index (χ3v) is 5.33. The summed E-state index contributed by atoms with van der Waals surface area (Å²) in [6.45, 7) is 7.76. The third-order valence-electron chi connectivity index (χ3n) is 5.33. The zero-order chi connectivity index (χ0) is 16.2. The molecule has 1 spiro atoms. The number of piperidine rings is 1. The number of hydrogen-bond donors (Lipinski definition) is 0. The molecular formula is C17H30N2O3. The fourth-order valence-electron chi connectivity index (χ4n) is 3.66. The van der Waals surface area contributed by atoms with E-state index in [9.17, 15) is 9.59 Å². The van der Waals surface area contributed by atoms with Gasteiger partial charge in [-0.15, -0.1) is 0 Å². The molecule has 0 aromatic rings. The Kier molecular flexibility index (Phi) is 5.84. The first-order valence-corrected chi connectivity index (χ1v) is 8.53. The number of rotatable bonds is 4. The van der Waals surface area contributed by atoms with E-state index in [0.717, 1.165) is 45.3 Å². The van der Waals surface area contributed by atoms with E-state index >= 15 is 0 Å². The Hall–Kier alpha value is -1.10. The highest BCUT2D eigenvalue weighted by atomic mass is 16.5. The zero-order valence-corrected chi connectivity index (χ0v) is 14.3. The van der Waals surface area contributed by atoms with Gasteiger partial charge in [0.1, 0.15) is 0 Å². The van der Waals surface area contributed by atoms with Crippen LogP contribution in [0.5, 0.6) is 0 Å². The van der Waals surface area contributed by atoms with E-state index in [2.05, 4.69) is 0 Å².